The van der Waals surface area contributed by atoms with Crippen molar-refractivity contribution >= 4 is 18.1 Å². The molecule has 1 rings (SSSR count). The summed E-state index contributed by atoms with van der Waals surface area (Å²) in [6, 6.07) is 1.51. The molecule has 0 saturated carbocycles. The predicted octanol–water partition coefficient (Wildman–Crippen LogP) is 2.26. The molecule has 0 spiro atoms. The summed E-state index contributed by atoms with van der Waals surface area (Å²) in [6.45, 7) is 0. The van der Waals surface area contributed by atoms with Crippen molar-refractivity contribution in [2.45, 2.75) is 18.6 Å². The fraction of sp³-hybridized carbons (Fsp3) is 0.333. The van der Waals surface area contributed by atoms with Gasteiger partial charge in [-0.05, 0) is 24.1 Å². The average Bonchev–Trinajstić information content (AvgIpc) is 2.10. The van der Waals surface area contributed by atoms with Crippen molar-refractivity contribution in [2.24, 2.45) is 5.73 Å². The van der Waals surface area contributed by atoms with Gasteiger partial charge in [0.1, 0.15) is 11.9 Å². The number of rotatable bonds is 2. The lowest BCUT2D eigenvalue weighted by Gasteiger charge is -2.15. The van der Waals surface area contributed by atoms with Gasteiger partial charge in [-0.1, -0.05) is 6.07 Å². The molecule has 0 amide bonds. The first-order valence-electron chi connectivity index (χ1n) is 4.17. The van der Waals surface area contributed by atoms with Crippen molar-refractivity contribution in [3.63, 3.8) is 0 Å². The Morgan fingerprint density at radius 3 is 2.25 bits per heavy atom. The number of halogens is 5. The summed E-state index contributed by atoms with van der Waals surface area (Å²) in [7, 11) is 0. The van der Waals surface area contributed by atoms with E-state index in [0.29, 0.717) is 0 Å². The fourth-order valence-electron chi connectivity index (χ4n) is 1.07. The van der Waals surface area contributed by atoms with Crippen LogP contribution in [0.15, 0.2) is 18.2 Å². The molecule has 2 nitrogen and oxygen atoms in total. The summed E-state index contributed by atoms with van der Waals surface area (Å²) >= 11 is 0. The molecule has 92 valence electrons. The first-order valence-corrected chi connectivity index (χ1v) is 4.17. The van der Waals surface area contributed by atoms with E-state index in [1.807, 2.05) is 0 Å². The lowest BCUT2D eigenvalue weighted by atomic mass is 10.1. The normalized spacial score (nSPS) is 13.1. The molecule has 0 aromatic heterocycles. The van der Waals surface area contributed by atoms with Crippen molar-refractivity contribution in [2.75, 3.05) is 5.73 Å². The van der Waals surface area contributed by atoms with Crippen LogP contribution in [0.4, 0.5) is 23.2 Å². The Balaban J connectivity index is 0.00000225. The number of hydrogen-bond acceptors (Lipinski definition) is 2. The van der Waals surface area contributed by atoms with E-state index in [4.69, 9.17) is 11.5 Å². The van der Waals surface area contributed by atoms with Gasteiger partial charge in [-0.15, -0.1) is 12.4 Å². The smallest absolute Gasteiger partial charge is 0.396 e. The zero-order chi connectivity index (χ0) is 11.6. The highest BCUT2D eigenvalue weighted by molar-refractivity contribution is 5.85. The molecule has 0 fully saturated rings. The van der Waals surface area contributed by atoms with E-state index in [1.54, 1.807) is 0 Å². The third kappa shape index (κ3) is 3.86. The second kappa shape index (κ2) is 5.36. The van der Waals surface area contributed by atoms with Gasteiger partial charge in [-0.3, -0.25) is 0 Å². The van der Waals surface area contributed by atoms with Crippen molar-refractivity contribution in [3.05, 3.63) is 29.6 Å². The Bertz CT molecular complexity index is 354. The molecule has 0 heterocycles. The Morgan fingerprint density at radius 1 is 1.25 bits per heavy atom. The van der Waals surface area contributed by atoms with E-state index in [-0.39, 0.29) is 23.7 Å². The third-order valence-electron chi connectivity index (χ3n) is 1.94. The molecular weight excluding hydrogens is 248 g/mol. The highest BCUT2D eigenvalue weighted by Crippen LogP contribution is 2.22. The second-order valence-corrected chi connectivity index (χ2v) is 3.21. The minimum Gasteiger partial charge on any atom is -0.396 e. The summed E-state index contributed by atoms with van der Waals surface area (Å²) in [5, 5.41) is 0. The Kier molecular flexibility index (Phi) is 5.02. The summed E-state index contributed by atoms with van der Waals surface area (Å²) < 4.78 is 49.1. The molecule has 7 heteroatoms. The molecule has 0 bridgehead atoms. The van der Waals surface area contributed by atoms with Crippen molar-refractivity contribution in [1.29, 1.82) is 0 Å². The van der Waals surface area contributed by atoms with Crippen LogP contribution in [-0.4, -0.2) is 12.2 Å². The topological polar surface area (TPSA) is 52.0 Å². The van der Waals surface area contributed by atoms with Crippen LogP contribution >= 0.6 is 12.4 Å². The van der Waals surface area contributed by atoms with Crippen LogP contribution in [0, 0.1) is 5.82 Å². The monoisotopic (exact) mass is 258 g/mol. The van der Waals surface area contributed by atoms with Crippen LogP contribution in [0.3, 0.4) is 0 Å². The van der Waals surface area contributed by atoms with Gasteiger partial charge in [0.25, 0.3) is 0 Å². The maximum atomic E-state index is 12.9. The molecule has 0 saturated heterocycles. The molecule has 1 aromatic carbocycles. The number of alkyl halides is 3. The van der Waals surface area contributed by atoms with E-state index in [1.165, 1.54) is 12.1 Å². The first kappa shape index (κ1) is 15.0. The van der Waals surface area contributed by atoms with E-state index >= 15 is 0 Å². The van der Waals surface area contributed by atoms with Gasteiger partial charge >= 0.3 is 6.18 Å². The molecule has 0 aliphatic rings. The number of nitrogen functional groups attached to an aromatic ring is 1. The summed E-state index contributed by atoms with van der Waals surface area (Å²) in [5.41, 5.74) is 10.1. The minimum absolute atomic E-state index is 0. The molecule has 4 N–H and O–H groups in total. The van der Waals surface area contributed by atoms with Crippen molar-refractivity contribution in [3.8, 4) is 0 Å². The number of benzene rings is 1. The summed E-state index contributed by atoms with van der Waals surface area (Å²) in [5.74, 6) is -0.734. The summed E-state index contributed by atoms with van der Waals surface area (Å²) in [4.78, 5) is 0. The van der Waals surface area contributed by atoms with Gasteiger partial charge in [-0.2, -0.15) is 13.2 Å². The molecule has 0 aliphatic heterocycles. The Hall–Kier alpha value is -1.01. The van der Waals surface area contributed by atoms with Crippen LogP contribution in [0.25, 0.3) is 0 Å². The van der Waals surface area contributed by atoms with Crippen LogP contribution in [0.2, 0.25) is 0 Å². The molecule has 1 unspecified atom stereocenters. The third-order valence-corrected chi connectivity index (χ3v) is 1.94. The highest BCUT2D eigenvalue weighted by atomic mass is 35.5. The maximum absolute atomic E-state index is 12.9. The lowest BCUT2D eigenvalue weighted by molar-refractivity contribution is -0.147. The minimum atomic E-state index is -4.47. The molecular formula is C9H11ClF4N2. The van der Waals surface area contributed by atoms with E-state index in [2.05, 4.69) is 0 Å². The van der Waals surface area contributed by atoms with Gasteiger partial charge in [0.05, 0.1) is 5.69 Å². The largest absolute Gasteiger partial charge is 0.403 e. The van der Waals surface area contributed by atoms with Gasteiger partial charge in [-0.25, -0.2) is 4.39 Å². The Morgan fingerprint density at radius 2 is 1.81 bits per heavy atom. The van der Waals surface area contributed by atoms with Crippen molar-refractivity contribution < 1.29 is 17.6 Å². The predicted molar refractivity (Wildman–Crippen MR) is 55.8 cm³/mol. The average molecular weight is 259 g/mol. The molecule has 1 aromatic rings. The van der Waals surface area contributed by atoms with Gasteiger partial charge in [0.2, 0.25) is 0 Å². The van der Waals surface area contributed by atoms with Crippen LogP contribution in [-0.2, 0) is 6.42 Å². The Labute approximate surface area is 96.0 Å². The zero-order valence-corrected chi connectivity index (χ0v) is 8.91. The summed E-state index contributed by atoms with van der Waals surface area (Å²) in [6.07, 6.45) is -4.93. The van der Waals surface area contributed by atoms with E-state index < -0.39 is 24.5 Å². The first-order chi connectivity index (χ1) is 6.80. The quantitative estimate of drug-likeness (QED) is 0.632. The molecule has 0 radical (unpaired) electrons. The molecule has 16 heavy (non-hydrogen) atoms. The molecule has 1 atom stereocenters. The number of anilines is 1. The van der Waals surface area contributed by atoms with E-state index in [0.717, 1.165) is 6.07 Å². The van der Waals surface area contributed by atoms with E-state index in [9.17, 15) is 17.6 Å². The fourth-order valence-corrected chi connectivity index (χ4v) is 1.07. The van der Waals surface area contributed by atoms with Crippen molar-refractivity contribution in [1.82, 2.24) is 0 Å². The zero-order valence-electron chi connectivity index (χ0n) is 8.09. The van der Waals surface area contributed by atoms with Crippen LogP contribution < -0.4 is 11.5 Å². The number of hydrogen-bond donors (Lipinski definition) is 2. The van der Waals surface area contributed by atoms with Crippen LogP contribution in [0.1, 0.15) is 5.56 Å². The maximum Gasteiger partial charge on any atom is 0.403 e. The van der Waals surface area contributed by atoms with Crippen LogP contribution in [0.5, 0.6) is 0 Å². The lowest BCUT2D eigenvalue weighted by Crippen LogP contribution is -2.39. The van der Waals surface area contributed by atoms with Gasteiger partial charge < -0.3 is 11.5 Å². The second-order valence-electron chi connectivity index (χ2n) is 3.21. The highest BCUT2D eigenvalue weighted by Gasteiger charge is 2.36. The SMILES string of the molecule is Cl.Nc1ccc(CC(N)C(F)(F)F)cc1F. The van der Waals surface area contributed by atoms with Gasteiger partial charge in [0, 0.05) is 0 Å². The number of nitrogens with two attached hydrogens (primary N) is 2. The van der Waals surface area contributed by atoms with Gasteiger partial charge in [0.15, 0.2) is 0 Å². The molecule has 0 aliphatic carbocycles. The standard InChI is InChI=1S/C9H10F4N2.ClH/c10-6-3-5(1-2-7(6)14)4-8(15)9(11,12)13;/h1-3,8H,4,14-15H2;1H.